The maximum absolute atomic E-state index is 12.2. The van der Waals surface area contributed by atoms with Crippen molar-refractivity contribution in [3.63, 3.8) is 0 Å². The van der Waals surface area contributed by atoms with Crippen LogP contribution in [-0.2, 0) is 4.79 Å². The molecule has 1 heterocycles. The molecule has 1 aromatic heterocycles. The molecule has 0 aliphatic heterocycles. The summed E-state index contributed by atoms with van der Waals surface area (Å²) in [7, 11) is 0. The quantitative estimate of drug-likeness (QED) is 0.799. The fourth-order valence-electron chi connectivity index (χ4n) is 1.85. The second-order valence-corrected chi connectivity index (χ2v) is 4.97. The molecule has 1 aromatic carbocycles. The number of halogens is 3. The first-order chi connectivity index (χ1) is 11.8. The van der Waals surface area contributed by atoms with E-state index in [0.717, 1.165) is 0 Å². The van der Waals surface area contributed by atoms with Crippen LogP contribution < -0.4 is 15.4 Å². The Balaban J connectivity index is 1.83. The van der Waals surface area contributed by atoms with E-state index in [1.807, 2.05) is 0 Å². The summed E-state index contributed by atoms with van der Waals surface area (Å²) in [5.74, 6) is -0.957. The molecule has 0 atom stereocenters. The summed E-state index contributed by atoms with van der Waals surface area (Å²) in [5.41, 5.74) is 0.448. The lowest BCUT2D eigenvalue weighted by atomic mass is 10.2. The van der Waals surface area contributed by atoms with Crippen LogP contribution in [0.2, 0.25) is 0 Å². The molecule has 9 heteroatoms. The number of alkyl halides is 3. The number of nitrogens with one attached hydrogen (secondary N) is 2. The van der Waals surface area contributed by atoms with Crippen LogP contribution in [0.15, 0.2) is 47.3 Å². The van der Waals surface area contributed by atoms with Crippen molar-refractivity contribution in [2.45, 2.75) is 12.6 Å². The maximum Gasteiger partial charge on any atom is 0.422 e. The zero-order valence-corrected chi connectivity index (χ0v) is 12.9. The van der Waals surface area contributed by atoms with Crippen molar-refractivity contribution in [1.29, 1.82) is 0 Å². The van der Waals surface area contributed by atoms with Crippen molar-refractivity contribution in [1.82, 2.24) is 5.32 Å². The summed E-state index contributed by atoms with van der Waals surface area (Å²) >= 11 is 0. The van der Waals surface area contributed by atoms with Crippen LogP contribution in [0.25, 0.3) is 0 Å². The number of carbonyl (C=O) groups is 2. The second-order valence-electron chi connectivity index (χ2n) is 4.97. The lowest BCUT2D eigenvalue weighted by Crippen LogP contribution is -2.27. The first-order valence-electron chi connectivity index (χ1n) is 7.24. The molecule has 0 fully saturated rings. The molecule has 25 heavy (non-hydrogen) atoms. The molecule has 2 rings (SSSR count). The number of ether oxygens (including phenoxy) is 1. The Hall–Kier alpha value is -2.97. The zero-order valence-electron chi connectivity index (χ0n) is 12.9. The van der Waals surface area contributed by atoms with Crippen molar-refractivity contribution in [2.75, 3.05) is 18.5 Å². The number of benzene rings is 1. The third kappa shape index (κ3) is 6.21. The molecular formula is C16H15F3N2O4. The average molecular weight is 356 g/mol. The molecule has 134 valence electrons. The SMILES string of the molecule is O=C(CCNC(=O)c1ccoc1)Nc1ccccc1OCC(F)(F)F. The smallest absolute Gasteiger partial charge is 0.422 e. The lowest BCUT2D eigenvalue weighted by molar-refractivity contribution is -0.153. The van der Waals surface area contributed by atoms with Crippen LogP contribution in [0.4, 0.5) is 18.9 Å². The minimum absolute atomic E-state index is 0.0570. The third-order valence-corrected chi connectivity index (χ3v) is 2.97. The molecule has 0 radical (unpaired) electrons. The van der Waals surface area contributed by atoms with Gasteiger partial charge in [-0.25, -0.2) is 0 Å². The van der Waals surface area contributed by atoms with E-state index in [1.54, 1.807) is 6.07 Å². The second kappa shape index (κ2) is 8.22. The van der Waals surface area contributed by atoms with Crippen LogP contribution in [0.3, 0.4) is 0 Å². The molecule has 0 saturated heterocycles. The van der Waals surface area contributed by atoms with E-state index in [9.17, 15) is 22.8 Å². The van der Waals surface area contributed by atoms with E-state index >= 15 is 0 Å². The first-order valence-corrected chi connectivity index (χ1v) is 7.24. The van der Waals surface area contributed by atoms with Gasteiger partial charge in [0.15, 0.2) is 6.61 Å². The van der Waals surface area contributed by atoms with Crippen LogP contribution >= 0.6 is 0 Å². The topological polar surface area (TPSA) is 80.6 Å². The van der Waals surface area contributed by atoms with Gasteiger partial charge in [0.1, 0.15) is 12.0 Å². The lowest BCUT2D eigenvalue weighted by Gasteiger charge is -2.13. The zero-order chi connectivity index (χ0) is 18.3. The monoisotopic (exact) mass is 356 g/mol. The van der Waals surface area contributed by atoms with Gasteiger partial charge >= 0.3 is 6.18 Å². The number of para-hydroxylation sites is 2. The highest BCUT2D eigenvalue weighted by atomic mass is 19.4. The highest BCUT2D eigenvalue weighted by Gasteiger charge is 2.28. The Morgan fingerprint density at radius 1 is 1.16 bits per heavy atom. The van der Waals surface area contributed by atoms with Gasteiger partial charge in [-0.15, -0.1) is 0 Å². The fraction of sp³-hybridized carbons (Fsp3) is 0.250. The van der Waals surface area contributed by atoms with E-state index in [0.29, 0.717) is 5.56 Å². The van der Waals surface area contributed by atoms with Gasteiger partial charge in [-0.05, 0) is 18.2 Å². The number of carbonyl (C=O) groups excluding carboxylic acids is 2. The average Bonchev–Trinajstić information content (AvgIpc) is 3.07. The van der Waals surface area contributed by atoms with Gasteiger partial charge in [-0.2, -0.15) is 13.2 Å². The number of hydrogen-bond donors (Lipinski definition) is 2. The van der Waals surface area contributed by atoms with Crippen LogP contribution in [0.1, 0.15) is 16.8 Å². The molecule has 0 aliphatic rings. The Morgan fingerprint density at radius 3 is 2.60 bits per heavy atom. The molecular weight excluding hydrogens is 341 g/mol. The summed E-state index contributed by atoms with van der Waals surface area (Å²) in [6.07, 6.45) is -1.92. The van der Waals surface area contributed by atoms with E-state index in [1.165, 1.54) is 36.8 Å². The normalized spacial score (nSPS) is 11.0. The minimum atomic E-state index is -4.48. The highest BCUT2D eigenvalue weighted by Crippen LogP contribution is 2.26. The molecule has 0 unspecified atom stereocenters. The van der Waals surface area contributed by atoms with Gasteiger partial charge in [0.2, 0.25) is 5.91 Å². The Kier molecular flexibility index (Phi) is 6.04. The summed E-state index contributed by atoms with van der Waals surface area (Å²) in [6.45, 7) is -1.40. The largest absolute Gasteiger partial charge is 0.482 e. The van der Waals surface area contributed by atoms with Gasteiger partial charge in [0.25, 0.3) is 5.91 Å². The summed E-state index contributed by atoms with van der Waals surface area (Å²) in [4.78, 5) is 23.5. The maximum atomic E-state index is 12.2. The molecule has 2 N–H and O–H groups in total. The van der Waals surface area contributed by atoms with Crippen molar-refractivity contribution < 1.29 is 31.9 Å². The Morgan fingerprint density at radius 2 is 1.92 bits per heavy atom. The molecule has 6 nitrogen and oxygen atoms in total. The number of anilines is 1. The van der Waals surface area contributed by atoms with Crippen molar-refractivity contribution >= 4 is 17.5 Å². The van der Waals surface area contributed by atoms with Crippen LogP contribution in [0.5, 0.6) is 5.75 Å². The highest BCUT2D eigenvalue weighted by molar-refractivity contribution is 5.95. The predicted molar refractivity (Wildman–Crippen MR) is 82.3 cm³/mol. The third-order valence-electron chi connectivity index (χ3n) is 2.97. The standard InChI is InChI=1S/C16H15F3N2O4/c17-16(18,19)10-25-13-4-2-1-3-12(13)21-14(22)5-7-20-15(23)11-6-8-24-9-11/h1-4,6,8-9H,5,7,10H2,(H,20,23)(H,21,22). The molecule has 0 aliphatic carbocycles. The van der Waals surface area contributed by atoms with Gasteiger partial charge in [-0.3, -0.25) is 9.59 Å². The van der Waals surface area contributed by atoms with Crippen molar-refractivity contribution in [3.05, 3.63) is 48.4 Å². The van der Waals surface area contributed by atoms with E-state index in [4.69, 9.17) is 4.42 Å². The van der Waals surface area contributed by atoms with Crippen molar-refractivity contribution in [3.8, 4) is 5.75 Å². The molecule has 0 saturated carbocycles. The minimum Gasteiger partial charge on any atom is -0.482 e. The predicted octanol–water partition coefficient (Wildman–Crippen LogP) is 2.98. The molecule has 2 amide bonds. The Bertz CT molecular complexity index is 714. The van der Waals surface area contributed by atoms with E-state index < -0.39 is 24.6 Å². The number of amides is 2. The van der Waals surface area contributed by atoms with Gasteiger partial charge in [0, 0.05) is 13.0 Å². The van der Waals surface area contributed by atoms with Crippen molar-refractivity contribution in [2.24, 2.45) is 0 Å². The number of furan rings is 1. The van der Waals surface area contributed by atoms with Gasteiger partial charge in [0.05, 0.1) is 17.5 Å². The van der Waals surface area contributed by atoms with E-state index in [2.05, 4.69) is 15.4 Å². The first kappa shape index (κ1) is 18.4. The van der Waals surface area contributed by atoms with E-state index in [-0.39, 0.29) is 24.4 Å². The molecule has 2 aromatic rings. The molecule has 0 bridgehead atoms. The number of rotatable bonds is 7. The summed E-state index contributed by atoms with van der Waals surface area (Å²) < 4.78 is 46.1. The Labute approximate surface area is 141 Å². The fourth-order valence-corrected chi connectivity index (χ4v) is 1.85. The number of hydrogen-bond acceptors (Lipinski definition) is 4. The van der Waals surface area contributed by atoms with Gasteiger partial charge in [-0.1, -0.05) is 12.1 Å². The van der Waals surface area contributed by atoms with Crippen LogP contribution in [-0.4, -0.2) is 31.1 Å². The summed E-state index contributed by atoms with van der Waals surface area (Å²) in [6, 6.07) is 7.27. The molecule has 0 spiro atoms. The van der Waals surface area contributed by atoms with Gasteiger partial charge < -0.3 is 19.8 Å². The summed E-state index contributed by atoms with van der Waals surface area (Å²) in [5, 5.41) is 4.98. The van der Waals surface area contributed by atoms with Crippen LogP contribution in [0, 0.1) is 0 Å².